The number of hydrogen-bond acceptors (Lipinski definition) is 4. The van der Waals surface area contributed by atoms with Gasteiger partial charge in [0.15, 0.2) is 0 Å². The van der Waals surface area contributed by atoms with E-state index < -0.39 is 10.8 Å². The first kappa shape index (κ1) is 14.7. The van der Waals surface area contributed by atoms with Gasteiger partial charge in [-0.2, -0.15) is 9.78 Å². The Morgan fingerprint density at radius 3 is 2.60 bits per heavy atom. The number of aryl methyl sites for hydroxylation is 1. The van der Waals surface area contributed by atoms with Crippen LogP contribution in [0, 0.1) is 24.0 Å². The Bertz CT molecular complexity index is 727. The van der Waals surface area contributed by atoms with Crippen LogP contribution in [0.25, 0.3) is 0 Å². The van der Waals surface area contributed by atoms with Crippen molar-refractivity contribution < 1.29 is 9.72 Å². The van der Waals surface area contributed by atoms with Crippen LogP contribution >= 0.6 is 27.5 Å². The second-order valence-corrected chi connectivity index (χ2v) is 5.33. The minimum Gasteiger partial charge on any atom is -0.267 e. The van der Waals surface area contributed by atoms with Gasteiger partial charge in [-0.05, 0) is 41.9 Å². The molecular formula is C12H9BrClN3O3. The molecule has 2 rings (SSSR count). The quantitative estimate of drug-likeness (QED) is 0.608. The molecule has 20 heavy (non-hydrogen) atoms. The summed E-state index contributed by atoms with van der Waals surface area (Å²) in [6.45, 7) is 3.48. The number of carbonyl (C=O) groups is 1. The van der Waals surface area contributed by atoms with E-state index in [-0.39, 0.29) is 16.3 Å². The van der Waals surface area contributed by atoms with Crippen molar-refractivity contribution >= 4 is 39.1 Å². The van der Waals surface area contributed by atoms with Gasteiger partial charge in [0.2, 0.25) is 0 Å². The average Bonchev–Trinajstić information content (AvgIpc) is 2.66. The van der Waals surface area contributed by atoms with E-state index in [4.69, 9.17) is 11.6 Å². The van der Waals surface area contributed by atoms with E-state index in [9.17, 15) is 14.9 Å². The smallest absolute Gasteiger partial charge is 0.267 e. The molecule has 0 radical (unpaired) electrons. The Morgan fingerprint density at radius 1 is 1.45 bits per heavy atom. The predicted molar refractivity (Wildman–Crippen MR) is 77.2 cm³/mol. The number of aromatic nitrogens is 2. The fourth-order valence-electron chi connectivity index (χ4n) is 1.73. The Hall–Kier alpha value is -1.73. The number of nitro benzene ring substituents is 1. The van der Waals surface area contributed by atoms with Gasteiger partial charge >= 0.3 is 0 Å². The molecule has 0 N–H and O–H groups in total. The zero-order chi connectivity index (χ0) is 15.0. The average molecular weight is 359 g/mol. The summed E-state index contributed by atoms with van der Waals surface area (Å²) >= 11 is 9.04. The highest BCUT2D eigenvalue weighted by Crippen LogP contribution is 2.26. The Labute approximate surface area is 127 Å². The molecule has 0 aliphatic heterocycles. The van der Waals surface area contributed by atoms with Crippen LogP contribution in [0.4, 0.5) is 5.69 Å². The first-order chi connectivity index (χ1) is 9.32. The molecule has 0 amide bonds. The summed E-state index contributed by atoms with van der Waals surface area (Å²) in [5.74, 6) is -0.448. The minimum absolute atomic E-state index is 0.0129. The lowest BCUT2D eigenvalue weighted by Crippen LogP contribution is -2.15. The molecule has 1 aromatic heterocycles. The third-order valence-electron chi connectivity index (χ3n) is 2.79. The number of benzene rings is 1. The molecule has 2 aromatic rings. The molecule has 0 bridgehead atoms. The number of nitro groups is 1. The third-order valence-corrected chi connectivity index (χ3v) is 4.25. The van der Waals surface area contributed by atoms with E-state index in [0.29, 0.717) is 11.4 Å². The second kappa shape index (κ2) is 5.34. The van der Waals surface area contributed by atoms with Gasteiger partial charge in [0.1, 0.15) is 5.02 Å². The van der Waals surface area contributed by atoms with E-state index >= 15 is 0 Å². The Balaban J connectivity index is 2.51. The lowest BCUT2D eigenvalue weighted by atomic mass is 10.2. The molecule has 0 atom stereocenters. The first-order valence-corrected chi connectivity index (χ1v) is 6.70. The fourth-order valence-corrected chi connectivity index (χ4v) is 2.16. The molecule has 0 spiro atoms. The minimum atomic E-state index is -0.629. The van der Waals surface area contributed by atoms with E-state index in [2.05, 4.69) is 21.0 Å². The van der Waals surface area contributed by atoms with E-state index in [0.717, 1.165) is 10.5 Å². The number of halogens is 2. The highest BCUT2D eigenvalue weighted by atomic mass is 79.9. The topological polar surface area (TPSA) is 78.0 Å². The highest BCUT2D eigenvalue weighted by Gasteiger charge is 2.20. The fraction of sp³-hybridized carbons (Fsp3) is 0.167. The Kier molecular flexibility index (Phi) is 3.92. The molecule has 0 aliphatic rings. The number of hydrogen-bond donors (Lipinski definition) is 0. The molecule has 0 fully saturated rings. The van der Waals surface area contributed by atoms with Crippen LogP contribution in [0.5, 0.6) is 0 Å². The van der Waals surface area contributed by atoms with Crippen molar-refractivity contribution in [2.45, 2.75) is 13.8 Å². The van der Waals surface area contributed by atoms with Crippen molar-refractivity contribution in [3.63, 3.8) is 0 Å². The monoisotopic (exact) mass is 357 g/mol. The molecule has 1 aromatic carbocycles. The number of nitrogens with zero attached hydrogens (tertiary/aromatic N) is 3. The predicted octanol–water partition coefficient (Wildman–Crippen LogP) is 3.51. The molecule has 1 heterocycles. The maximum absolute atomic E-state index is 12.3. The maximum atomic E-state index is 12.3. The van der Waals surface area contributed by atoms with Gasteiger partial charge in [-0.25, -0.2) is 0 Å². The molecular weight excluding hydrogens is 350 g/mol. The number of rotatable bonds is 2. The molecule has 0 unspecified atom stereocenters. The van der Waals surface area contributed by atoms with Crippen LogP contribution in [-0.4, -0.2) is 20.6 Å². The van der Waals surface area contributed by atoms with Crippen LogP contribution in [0.1, 0.15) is 21.7 Å². The van der Waals surface area contributed by atoms with Crippen LogP contribution in [0.15, 0.2) is 22.7 Å². The summed E-state index contributed by atoms with van der Waals surface area (Å²) < 4.78 is 1.93. The van der Waals surface area contributed by atoms with Crippen molar-refractivity contribution in [2.75, 3.05) is 0 Å². The van der Waals surface area contributed by atoms with Gasteiger partial charge in [-0.3, -0.25) is 14.9 Å². The van der Waals surface area contributed by atoms with Crippen molar-refractivity contribution in [1.82, 2.24) is 9.78 Å². The summed E-state index contributed by atoms with van der Waals surface area (Å²) in [5, 5.41) is 14.9. The lowest BCUT2D eigenvalue weighted by molar-refractivity contribution is -0.384. The molecule has 6 nitrogen and oxygen atoms in total. The van der Waals surface area contributed by atoms with Crippen molar-refractivity contribution in [3.8, 4) is 0 Å². The standard InChI is InChI=1S/C12H9BrClN3O3/c1-6-11(13)7(2)16(15-6)12(18)8-3-4-9(14)10(5-8)17(19)20/h3-5H,1-2H3. The molecule has 0 saturated carbocycles. The molecule has 8 heteroatoms. The van der Waals surface area contributed by atoms with Gasteiger partial charge in [-0.15, -0.1) is 0 Å². The van der Waals surface area contributed by atoms with E-state index in [1.165, 1.54) is 16.8 Å². The van der Waals surface area contributed by atoms with Crippen molar-refractivity contribution in [2.24, 2.45) is 0 Å². The van der Waals surface area contributed by atoms with Crippen LogP contribution in [-0.2, 0) is 0 Å². The normalized spacial score (nSPS) is 10.6. The van der Waals surface area contributed by atoms with Gasteiger partial charge in [0, 0.05) is 11.6 Å². The van der Waals surface area contributed by atoms with Gasteiger partial charge in [-0.1, -0.05) is 11.6 Å². The summed E-state index contributed by atoms with van der Waals surface area (Å²) in [6.07, 6.45) is 0. The molecule has 0 saturated heterocycles. The summed E-state index contributed by atoms with van der Waals surface area (Å²) in [6, 6.07) is 3.91. The molecule has 0 aliphatic carbocycles. The lowest BCUT2D eigenvalue weighted by Gasteiger charge is -2.04. The summed E-state index contributed by atoms with van der Waals surface area (Å²) in [4.78, 5) is 22.5. The Morgan fingerprint density at radius 2 is 2.10 bits per heavy atom. The van der Waals surface area contributed by atoms with Gasteiger partial charge in [0.25, 0.3) is 11.6 Å². The van der Waals surface area contributed by atoms with Crippen molar-refractivity contribution in [3.05, 3.63) is 54.8 Å². The summed E-state index contributed by atoms with van der Waals surface area (Å²) in [5.41, 5.74) is 1.14. The van der Waals surface area contributed by atoms with Crippen molar-refractivity contribution in [1.29, 1.82) is 0 Å². The third kappa shape index (κ3) is 2.46. The largest absolute Gasteiger partial charge is 0.288 e. The van der Waals surface area contributed by atoms with E-state index in [1.807, 2.05) is 0 Å². The van der Waals surface area contributed by atoms with Crippen LogP contribution in [0.3, 0.4) is 0 Å². The van der Waals surface area contributed by atoms with Crippen LogP contribution < -0.4 is 0 Å². The zero-order valence-corrected chi connectivity index (χ0v) is 12.9. The van der Waals surface area contributed by atoms with Gasteiger partial charge in [0.05, 0.1) is 20.8 Å². The maximum Gasteiger partial charge on any atom is 0.288 e. The molecule has 104 valence electrons. The SMILES string of the molecule is Cc1nn(C(=O)c2ccc(Cl)c([N+](=O)[O-])c2)c(C)c1Br. The number of carbonyl (C=O) groups excluding carboxylic acids is 1. The van der Waals surface area contributed by atoms with Crippen LogP contribution in [0.2, 0.25) is 5.02 Å². The van der Waals surface area contributed by atoms with E-state index in [1.54, 1.807) is 13.8 Å². The summed E-state index contributed by atoms with van der Waals surface area (Å²) in [7, 11) is 0. The zero-order valence-electron chi connectivity index (χ0n) is 10.6. The highest BCUT2D eigenvalue weighted by molar-refractivity contribution is 9.10. The van der Waals surface area contributed by atoms with Gasteiger partial charge < -0.3 is 0 Å². The second-order valence-electron chi connectivity index (χ2n) is 4.13. The first-order valence-electron chi connectivity index (χ1n) is 5.53.